The number of pyridine rings is 2. The van der Waals surface area contributed by atoms with Crippen LogP contribution in [-0.2, 0) is 4.79 Å². The normalized spacial score (nSPS) is 10.9. The number of aromatic hydroxyl groups is 1. The molecule has 4 rings (SSSR count). The van der Waals surface area contributed by atoms with E-state index >= 15 is 0 Å². The molecule has 0 aliphatic heterocycles. The minimum Gasteiger partial charge on any atom is -0.505 e. The summed E-state index contributed by atoms with van der Waals surface area (Å²) in [5.41, 5.74) is 2.04. The van der Waals surface area contributed by atoms with Crippen LogP contribution in [0.15, 0.2) is 60.8 Å². The van der Waals surface area contributed by atoms with E-state index in [1.165, 1.54) is 13.1 Å². The number of fused-ring (bicyclic) bond motifs is 2. The van der Waals surface area contributed by atoms with Crippen LogP contribution < -0.4 is 5.32 Å². The average molecular weight is 371 g/mol. The van der Waals surface area contributed by atoms with Crippen molar-refractivity contribution in [2.24, 2.45) is 0 Å². The molecule has 0 aliphatic rings. The van der Waals surface area contributed by atoms with Crippen molar-refractivity contribution >= 4 is 33.4 Å². The molecule has 0 unspecified atom stereocenters. The van der Waals surface area contributed by atoms with Crippen molar-refractivity contribution in [2.75, 3.05) is 6.54 Å². The number of nitrogens with zero attached hydrogens (tertiary/aromatic N) is 2. The molecule has 2 aromatic heterocycles. The summed E-state index contributed by atoms with van der Waals surface area (Å²) in [7, 11) is 0. The molecule has 0 fully saturated rings. The average Bonchev–Trinajstić information content (AvgIpc) is 2.71. The quantitative estimate of drug-likeness (QED) is 0.573. The third kappa shape index (κ3) is 3.27. The van der Waals surface area contributed by atoms with Gasteiger partial charge in [0.25, 0.3) is 5.91 Å². The number of aromatic nitrogens is 2. The van der Waals surface area contributed by atoms with Gasteiger partial charge >= 0.3 is 0 Å². The summed E-state index contributed by atoms with van der Waals surface area (Å²) in [5, 5.41) is 15.5. The fraction of sp³-hybridized carbons (Fsp3) is 0.0909. The van der Waals surface area contributed by atoms with E-state index in [9.17, 15) is 14.7 Å². The summed E-state index contributed by atoms with van der Waals surface area (Å²) in [6.45, 7) is 1.25. The van der Waals surface area contributed by atoms with Crippen LogP contribution in [0.2, 0.25) is 0 Å². The zero-order chi connectivity index (χ0) is 19.7. The first-order chi connectivity index (χ1) is 13.5. The van der Waals surface area contributed by atoms with Gasteiger partial charge in [-0.25, -0.2) is 9.97 Å². The van der Waals surface area contributed by atoms with Gasteiger partial charge in [0.15, 0.2) is 11.4 Å². The van der Waals surface area contributed by atoms with Crippen LogP contribution in [0.4, 0.5) is 0 Å². The number of benzene rings is 2. The number of amides is 1. The number of hydrogen-bond donors (Lipinski definition) is 2. The van der Waals surface area contributed by atoms with Crippen molar-refractivity contribution in [3.05, 3.63) is 66.5 Å². The van der Waals surface area contributed by atoms with Gasteiger partial charge in [-0.2, -0.15) is 0 Å². The summed E-state index contributed by atoms with van der Waals surface area (Å²) in [6, 6.07) is 17.7. The zero-order valence-electron chi connectivity index (χ0n) is 15.1. The van der Waals surface area contributed by atoms with E-state index in [2.05, 4.69) is 21.4 Å². The van der Waals surface area contributed by atoms with Gasteiger partial charge in [-0.1, -0.05) is 36.4 Å². The minimum atomic E-state index is -0.604. The van der Waals surface area contributed by atoms with Crippen LogP contribution >= 0.6 is 0 Å². The lowest BCUT2D eigenvalue weighted by molar-refractivity contribution is -0.116. The predicted molar refractivity (Wildman–Crippen MR) is 107 cm³/mol. The monoisotopic (exact) mass is 371 g/mol. The molecule has 4 aromatic rings. The second kappa shape index (κ2) is 7.08. The Morgan fingerprint density at radius 3 is 2.61 bits per heavy atom. The number of hydrogen-bond acceptors (Lipinski definition) is 5. The van der Waals surface area contributed by atoms with Crippen molar-refractivity contribution in [1.29, 1.82) is 0 Å². The summed E-state index contributed by atoms with van der Waals surface area (Å²) >= 11 is 0. The number of carbonyl (C=O) groups excluding carboxylic acids is 2. The number of carbonyl (C=O) groups is 2. The van der Waals surface area contributed by atoms with E-state index in [0.717, 1.165) is 22.0 Å². The predicted octanol–water partition coefficient (Wildman–Crippen LogP) is 3.47. The van der Waals surface area contributed by atoms with Gasteiger partial charge in [0, 0.05) is 10.9 Å². The van der Waals surface area contributed by atoms with Crippen molar-refractivity contribution in [1.82, 2.24) is 15.3 Å². The van der Waals surface area contributed by atoms with Gasteiger partial charge in [0.05, 0.1) is 24.0 Å². The van der Waals surface area contributed by atoms with Gasteiger partial charge in [-0.05, 0) is 35.9 Å². The number of nitrogens with one attached hydrogen (secondary N) is 1. The number of Topliss-reactive ketones (excluding diaryl/α,β-unsaturated/α-hetero) is 1. The van der Waals surface area contributed by atoms with Crippen LogP contribution in [0.25, 0.3) is 32.9 Å². The van der Waals surface area contributed by atoms with Crippen LogP contribution in [0.3, 0.4) is 0 Å². The summed E-state index contributed by atoms with van der Waals surface area (Å²) in [6.07, 6.45) is 1.45. The van der Waals surface area contributed by atoms with Crippen molar-refractivity contribution < 1.29 is 14.7 Å². The van der Waals surface area contributed by atoms with Crippen LogP contribution in [0.5, 0.6) is 5.75 Å². The third-order valence-electron chi connectivity index (χ3n) is 4.48. The highest BCUT2D eigenvalue weighted by Gasteiger charge is 2.17. The maximum Gasteiger partial charge on any atom is 0.274 e. The maximum absolute atomic E-state index is 12.1. The molecular weight excluding hydrogens is 354 g/mol. The molecule has 2 aromatic carbocycles. The third-order valence-corrected chi connectivity index (χ3v) is 4.48. The molecule has 0 atom stereocenters. The fourth-order valence-corrected chi connectivity index (χ4v) is 3.05. The van der Waals surface area contributed by atoms with E-state index in [1.807, 2.05) is 36.4 Å². The molecule has 0 saturated heterocycles. The summed E-state index contributed by atoms with van der Waals surface area (Å²) in [5.74, 6) is -1.04. The molecule has 0 bridgehead atoms. The molecule has 0 radical (unpaired) electrons. The van der Waals surface area contributed by atoms with Crippen LogP contribution in [0, 0.1) is 0 Å². The Kier molecular flexibility index (Phi) is 4.45. The van der Waals surface area contributed by atoms with E-state index in [-0.39, 0.29) is 23.8 Å². The SMILES string of the molecule is CC(=O)CNC(=O)c1ncc2nc(-c3ccc4ccccc4c3)ccc2c1O. The van der Waals surface area contributed by atoms with E-state index in [1.54, 1.807) is 12.1 Å². The van der Waals surface area contributed by atoms with Crippen molar-refractivity contribution in [2.45, 2.75) is 6.92 Å². The molecule has 28 heavy (non-hydrogen) atoms. The number of rotatable bonds is 4. The van der Waals surface area contributed by atoms with E-state index in [0.29, 0.717) is 10.9 Å². The highest BCUT2D eigenvalue weighted by Crippen LogP contribution is 2.29. The minimum absolute atomic E-state index is 0.114. The van der Waals surface area contributed by atoms with E-state index in [4.69, 9.17) is 0 Å². The standard InChI is InChI=1S/C22H17N3O3/c1-13(26)11-24-22(28)20-21(27)17-8-9-18(25-19(17)12-23-20)16-7-6-14-4-2-3-5-15(14)10-16/h2-10,12,27H,11H2,1H3,(H,24,28). The summed E-state index contributed by atoms with van der Waals surface area (Å²) in [4.78, 5) is 31.8. The van der Waals surface area contributed by atoms with Gasteiger partial charge in [0.1, 0.15) is 5.78 Å². The lowest BCUT2D eigenvalue weighted by Gasteiger charge is -2.09. The van der Waals surface area contributed by atoms with Crippen LogP contribution in [-0.4, -0.2) is 33.3 Å². The largest absolute Gasteiger partial charge is 0.505 e. The lowest BCUT2D eigenvalue weighted by Crippen LogP contribution is -2.29. The van der Waals surface area contributed by atoms with Crippen LogP contribution in [0.1, 0.15) is 17.4 Å². The molecule has 1 amide bonds. The van der Waals surface area contributed by atoms with Crippen molar-refractivity contribution in [3.8, 4) is 17.0 Å². The Labute approximate surface area is 160 Å². The summed E-state index contributed by atoms with van der Waals surface area (Å²) < 4.78 is 0. The Balaban J connectivity index is 1.72. The Bertz CT molecular complexity index is 1230. The molecule has 6 heteroatoms. The Hall–Kier alpha value is -3.80. The first-order valence-electron chi connectivity index (χ1n) is 8.78. The molecule has 0 spiro atoms. The molecule has 138 valence electrons. The van der Waals surface area contributed by atoms with Gasteiger partial charge < -0.3 is 10.4 Å². The highest BCUT2D eigenvalue weighted by atomic mass is 16.3. The molecule has 2 heterocycles. The molecule has 2 N–H and O–H groups in total. The molecule has 0 saturated carbocycles. The van der Waals surface area contributed by atoms with Crippen molar-refractivity contribution in [3.63, 3.8) is 0 Å². The second-order valence-corrected chi connectivity index (χ2v) is 6.53. The van der Waals surface area contributed by atoms with Gasteiger partial charge in [-0.3, -0.25) is 9.59 Å². The lowest BCUT2D eigenvalue weighted by atomic mass is 10.0. The van der Waals surface area contributed by atoms with Gasteiger partial charge in [-0.15, -0.1) is 0 Å². The second-order valence-electron chi connectivity index (χ2n) is 6.53. The molecule has 0 aliphatic carbocycles. The fourth-order valence-electron chi connectivity index (χ4n) is 3.05. The Morgan fingerprint density at radius 2 is 1.82 bits per heavy atom. The van der Waals surface area contributed by atoms with E-state index < -0.39 is 5.91 Å². The highest BCUT2D eigenvalue weighted by molar-refractivity contribution is 6.02. The Morgan fingerprint density at radius 1 is 1.04 bits per heavy atom. The topological polar surface area (TPSA) is 92.2 Å². The first kappa shape index (κ1) is 17.6. The first-order valence-corrected chi connectivity index (χ1v) is 8.78. The number of ketones is 1. The maximum atomic E-state index is 12.1. The molecular formula is C22H17N3O3. The zero-order valence-corrected chi connectivity index (χ0v) is 15.1. The molecule has 6 nitrogen and oxygen atoms in total. The smallest absolute Gasteiger partial charge is 0.274 e. The van der Waals surface area contributed by atoms with Gasteiger partial charge in [0.2, 0.25) is 0 Å².